The Morgan fingerprint density at radius 3 is 3.11 bits per heavy atom. The molecule has 0 radical (unpaired) electrons. The minimum atomic E-state index is -0.107. The lowest BCUT2D eigenvalue weighted by Gasteiger charge is -2.34. The number of aryl methyl sites for hydroxylation is 1. The first-order chi connectivity index (χ1) is 9.22. The number of carbonyl (C=O) groups is 1. The van der Waals surface area contributed by atoms with Gasteiger partial charge in [0.1, 0.15) is 0 Å². The highest BCUT2D eigenvalue weighted by atomic mass is 32.1. The largest absolute Gasteiger partial charge is 0.469 e. The van der Waals surface area contributed by atoms with Crippen molar-refractivity contribution in [2.24, 2.45) is 0 Å². The van der Waals surface area contributed by atoms with E-state index < -0.39 is 0 Å². The maximum atomic E-state index is 11.5. The maximum absolute atomic E-state index is 11.5. The zero-order chi connectivity index (χ0) is 13.7. The second-order valence-electron chi connectivity index (χ2n) is 4.99. The number of carbonyl (C=O) groups excluding carboxylic acids is 1. The number of nitrogens with zero attached hydrogens (tertiary/aromatic N) is 2. The van der Waals surface area contributed by atoms with Crippen molar-refractivity contribution in [3.8, 4) is 0 Å². The lowest BCUT2D eigenvalue weighted by molar-refractivity contribution is -0.142. The van der Waals surface area contributed by atoms with Crippen LogP contribution < -0.4 is 0 Å². The number of hydrogen-bond acceptors (Lipinski definition) is 5. The summed E-state index contributed by atoms with van der Waals surface area (Å²) in [7, 11) is 1.46. The minimum absolute atomic E-state index is 0.107. The van der Waals surface area contributed by atoms with Crippen LogP contribution >= 0.6 is 11.3 Å². The fourth-order valence-corrected chi connectivity index (χ4v) is 3.30. The quantitative estimate of drug-likeness (QED) is 0.779. The van der Waals surface area contributed by atoms with Gasteiger partial charge >= 0.3 is 5.97 Å². The Kier molecular flexibility index (Phi) is 5.34. The highest BCUT2D eigenvalue weighted by molar-refractivity contribution is 7.09. The number of aromatic nitrogens is 1. The molecule has 0 aromatic carbocycles. The van der Waals surface area contributed by atoms with Gasteiger partial charge in [0.25, 0.3) is 0 Å². The second kappa shape index (κ2) is 7.01. The molecular formula is C14H22N2O2S. The summed E-state index contributed by atoms with van der Waals surface area (Å²) >= 11 is 1.73. The maximum Gasteiger partial charge on any atom is 0.307 e. The van der Waals surface area contributed by atoms with E-state index in [1.807, 2.05) is 0 Å². The topological polar surface area (TPSA) is 42.4 Å². The first-order valence-corrected chi connectivity index (χ1v) is 7.85. The third-order valence-corrected chi connectivity index (χ3v) is 4.69. The lowest BCUT2D eigenvalue weighted by Crippen LogP contribution is -2.40. The molecule has 19 heavy (non-hydrogen) atoms. The van der Waals surface area contributed by atoms with Crippen LogP contribution in [0.5, 0.6) is 0 Å². The average Bonchev–Trinajstić information content (AvgIpc) is 2.88. The number of hydrogen-bond donors (Lipinski definition) is 0. The van der Waals surface area contributed by atoms with Crippen molar-refractivity contribution in [3.63, 3.8) is 0 Å². The summed E-state index contributed by atoms with van der Waals surface area (Å²) in [5, 5.41) is 3.33. The van der Waals surface area contributed by atoms with Crippen molar-refractivity contribution in [2.75, 3.05) is 13.7 Å². The first-order valence-electron chi connectivity index (χ1n) is 6.97. The molecule has 1 fully saturated rings. The van der Waals surface area contributed by atoms with Crippen molar-refractivity contribution in [1.82, 2.24) is 9.88 Å². The summed E-state index contributed by atoms with van der Waals surface area (Å²) in [5.41, 5.74) is 1.14. The van der Waals surface area contributed by atoms with Crippen LogP contribution in [-0.4, -0.2) is 35.5 Å². The summed E-state index contributed by atoms with van der Waals surface area (Å²) in [5.74, 6) is -0.107. The molecule has 106 valence electrons. The van der Waals surface area contributed by atoms with Crippen LogP contribution in [0.2, 0.25) is 0 Å². The molecule has 0 amide bonds. The number of ether oxygens (including phenoxy) is 1. The molecule has 2 heterocycles. The van der Waals surface area contributed by atoms with Gasteiger partial charge in [-0.1, -0.05) is 13.3 Å². The van der Waals surface area contributed by atoms with Crippen LogP contribution in [0.3, 0.4) is 0 Å². The number of piperidine rings is 1. The average molecular weight is 282 g/mol. The van der Waals surface area contributed by atoms with E-state index >= 15 is 0 Å². The summed E-state index contributed by atoms with van der Waals surface area (Å²) in [6, 6.07) is 0.313. The number of thiazole rings is 1. The molecule has 1 aromatic rings. The fourth-order valence-electron chi connectivity index (χ4n) is 2.57. The van der Waals surface area contributed by atoms with E-state index in [0.29, 0.717) is 12.5 Å². The van der Waals surface area contributed by atoms with Gasteiger partial charge in [0, 0.05) is 18.0 Å². The Bertz CT molecular complexity index is 419. The van der Waals surface area contributed by atoms with Crippen LogP contribution in [0.4, 0.5) is 0 Å². The van der Waals surface area contributed by atoms with E-state index in [0.717, 1.165) is 31.6 Å². The zero-order valence-corrected chi connectivity index (χ0v) is 12.5. The van der Waals surface area contributed by atoms with E-state index in [-0.39, 0.29) is 5.97 Å². The monoisotopic (exact) mass is 282 g/mol. The van der Waals surface area contributed by atoms with Gasteiger partial charge in [-0.2, -0.15) is 0 Å². The first kappa shape index (κ1) is 14.5. The van der Waals surface area contributed by atoms with Crippen molar-refractivity contribution in [2.45, 2.75) is 51.6 Å². The highest BCUT2D eigenvalue weighted by Crippen LogP contribution is 2.23. The Morgan fingerprint density at radius 1 is 1.58 bits per heavy atom. The molecule has 2 rings (SSSR count). The Balaban J connectivity index is 1.96. The van der Waals surface area contributed by atoms with Crippen LogP contribution in [0, 0.1) is 0 Å². The van der Waals surface area contributed by atoms with Gasteiger partial charge in [-0.05, 0) is 25.8 Å². The van der Waals surface area contributed by atoms with Crippen LogP contribution in [0.15, 0.2) is 5.38 Å². The third-order valence-electron chi connectivity index (χ3n) is 3.65. The number of likely N-dealkylation sites (tertiary alicyclic amines) is 1. The Morgan fingerprint density at radius 2 is 2.42 bits per heavy atom. The van der Waals surface area contributed by atoms with E-state index in [9.17, 15) is 4.79 Å². The van der Waals surface area contributed by atoms with Gasteiger partial charge in [0.05, 0.1) is 24.2 Å². The molecule has 0 bridgehead atoms. The van der Waals surface area contributed by atoms with E-state index in [1.165, 1.54) is 25.0 Å². The molecule has 0 saturated carbocycles. The minimum Gasteiger partial charge on any atom is -0.469 e. The third kappa shape index (κ3) is 4.01. The SMILES string of the molecule is CCc1nc(CN2CCCCC2CC(=O)OC)cs1. The molecule has 0 aliphatic carbocycles. The second-order valence-corrected chi connectivity index (χ2v) is 5.93. The number of esters is 1. The predicted molar refractivity (Wildman–Crippen MR) is 76.2 cm³/mol. The normalized spacial score (nSPS) is 20.4. The molecule has 5 heteroatoms. The van der Waals surface area contributed by atoms with Crippen molar-refractivity contribution in [3.05, 3.63) is 16.1 Å². The van der Waals surface area contributed by atoms with Crippen molar-refractivity contribution < 1.29 is 9.53 Å². The molecule has 1 unspecified atom stereocenters. The van der Waals surface area contributed by atoms with Gasteiger partial charge in [-0.3, -0.25) is 9.69 Å². The van der Waals surface area contributed by atoms with Gasteiger partial charge in [0.15, 0.2) is 0 Å². The van der Waals surface area contributed by atoms with Gasteiger partial charge < -0.3 is 4.74 Å². The Labute approximate surface area is 118 Å². The lowest BCUT2D eigenvalue weighted by atomic mass is 9.99. The Hall–Kier alpha value is -0.940. The molecule has 0 spiro atoms. The molecule has 0 N–H and O–H groups in total. The summed E-state index contributed by atoms with van der Waals surface area (Å²) in [4.78, 5) is 18.5. The standard InChI is InChI=1S/C14H22N2O2S/c1-3-13-15-11(10-19-13)9-16-7-5-4-6-12(16)8-14(17)18-2/h10,12H,3-9H2,1-2H3. The fraction of sp³-hybridized carbons (Fsp3) is 0.714. The zero-order valence-electron chi connectivity index (χ0n) is 11.7. The molecule has 1 saturated heterocycles. The summed E-state index contributed by atoms with van der Waals surface area (Å²) in [6.07, 6.45) is 5.00. The molecule has 4 nitrogen and oxygen atoms in total. The van der Waals surface area contributed by atoms with Crippen LogP contribution in [0.1, 0.15) is 43.3 Å². The molecule has 1 atom stereocenters. The number of rotatable bonds is 5. The van der Waals surface area contributed by atoms with Gasteiger partial charge in [0.2, 0.25) is 0 Å². The van der Waals surface area contributed by atoms with Crippen LogP contribution in [0.25, 0.3) is 0 Å². The smallest absolute Gasteiger partial charge is 0.307 e. The van der Waals surface area contributed by atoms with Crippen molar-refractivity contribution >= 4 is 17.3 Å². The van der Waals surface area contributed by atoms with Crippen LogP contribution in [-0.2, 0) is 22.5 Å². The predicted octanol–water partition coefficient (Wildman–Crippen LogP) is 2.62. The number of methoxy groups -OCH3 is 1. The van der Waals surface area contributed by atoms with Crippen molar-refractivity contribution in [1.29, 1.82) is 0 Å². The van der Waals surface area contributed by atoms with Gasteiger partial charge in [-0.25, -0.2) is 4.98 Å². The highest BCUT2D eigenvalue weighted by Gasteiger charge is 2.25. The molecule has 1 aliphatic rings. The van der Waals surface area contributed by atoms with E-state index in [4.69, 9.17) is 4.74 Å². The van der Waals surface area contributed by atoms with E-state index in [2.05, 4.69) is 22.2 Å². The van der Waals surface area contributed by atoms with E-state index in [1.54, 1.807) is 11.3 Å². The van der Waals surface area contributed by atoms with Gasteiger partial charge in [-0.15, -0.1) is 11.3 Å². The molecular weight excluding hydrogens is 260 g/mol. The summed E-state index contributed by atoms with van der Waals surface area (Å²) < 4.78 is 4.79. The molecule has 1 aliphatic heterocycles. The molecule has 1 aromatic heterocycles. The summed E-state index contributed by atoms with van der Waals surface area (Å²) in [6.45, 7) is 4.04.